The van der Waals surface area contributed by atoms with Gasteiger partial charge >= 0.3 is 0 Å². The minimum atomic E-state index is 0.193. The van der Waals surface area contributed by atoms with Crippen LogP contribution in [0.2, 0.25) is 0 Å². The van der Waals surface area contributed by atoms with Gasteiger partial charge in [-0.25, -0.2) is 0 Å². The van der Waals surface area contributed by atoms with Crippen molar-refractivity contribution in [2.75, 3.05) is 20.3 Å². The Morgan fingerprint density at radius 1 is 1.29 bits per heavy atom. The summed E-state index contributed by atoms with van der Waals surface area (Å²) in [4.78, 5) is 14.6. The number of amides is 1. The summed E-state index contributed by atoms with van der Waals surface area (Å²) in [7, 11) is 1.71. The highest BCUT2D eigenvalue weighted by atomic mass is 16.5. The summed E-state index contributed by atoms with van der Waals surface area (Å²) in [6, 6.07) is 10.2. The molecule has 3 rings (SSSR count). The Kier molecular flexibility index (Phi) is 4.56. The summed E-state index contributed by atoms with van der Waals surface area (Å²) < 4.78 is 11.2. The highest BCUT2D eigenvalue weighted by Gasteiger charge is 2.41. The molecular weight excluding hydrogens is 266 g/mol. The lowest BCUT2D eigenvalue weighted by atomic mass is 9.99. The molecule has 2 aliphatic rings. The van der Waals surface area contributed by atoms with Crippen LogP contribution in [0.3, 0.4) is 0 Å². The van der Waals surface area contributed by atoms with Crippen LogP contribution >= 0.6 is 0 Å². The Labute approximate surface area is 126 Å². The lowest BCUT2D eigenvalue weighted by Crippen LogP contribution is -2.46. The molecule has 1 aromatic carbocycles. The molecular formula is C17H23NO3. The van der Waals surface area contributed by atoms with Gasteiger partial charge in [0.2, 0.25) is 5.91 Å². The number of hydrogen-bond acceptors (Lipinski definition) is 3. The number of carbonyl (C=O) groups is 1. The molecule has 0 spiro atoms. The summed E-state index contributed by atoms with van der Waals surface area (Å²) in [6.45, 7) is 1.47. The smallest absolute Gasteiger partial charge is 0.227 e. The highest BCUT2D eigenvalue weighted by Crippen LogP contribution is 2.31. The van der Waals surface area contributed by atoms with E-state index in [0.717, 1.165) is 31.4 Å². The normalized spacial score (nSPS) is 28.4. The first-order valence-corrected chi connectivity index (χ1v) is 7.75. The minimum absolute atomic E-state index is 0.193. The number of fused-ring (bicyclic) bond motifs is 1. The third-order valence-corrected chi connectivity index (χ3v) is 4.51. The number of carbonyl (C=O) groups excluding carboxylic acids is 1. The van der Waals surface area contributed by atoms with E-state index < -0.39 is 0 Å². The van der Waals surface area contributed by atoms with Gasteiger partial charge in [0, 0.05) is 13.7 Å². The van der Waals surface area contributed by atoms with E-state index in [-0.39, 0.29) is 24.2 Å². The molecule has 21 heavy (non-hydrogen) atoms. The molecule has 1 aromatic rings. The Balaban J connectivity index is 1.59. The van der Waals surface area contributed by atoms with Crippen molar-refractivity contribution in [3.05, 3.63) is 35.9 Å². The molecule has 4 heteroatoms. The van der Waals surface area contributed by atoms with Gasteiger partial charge in [0.25, 0.3) is 0 Å². The van der Waals surface area contributed by atoms with Crippen LogP contribution in [0.4, 0.5) is 0 Å². The van der Waals surface area contributed by atoms with Gasteiger partial charge in [-0.15, -0.1) is 0 Å². The molecule has 0 radical (unpaired) electrons. The number of methoxy groups -OCH3 is 1. The van der Waals surface area contributed by atoms with Crippen LogP contribution in [0.5, 0.6) is 0 Å². The number of likely N-dealkylation sites (tertiary alicyclic amines) is 1. The van der Waals surface area contributed by atoms with Gasteiger partial charge < -0.3 is 14.4 Å². The lowest BCUT2D eigenvalue weighted by molar-refractivity contribution is -0.137. The molecule has 0 aliphatic carbocycles. The molecule has 1 amide bonds. The second-order valence-corrected chi connectivity index (χ2v) is 5.93. The Morgan fingerprint density at radius 3 is 2.86 bits per heavy atom. The maximum atomic E-state index is 12.5. The van der Waals surface area contributed by atoms with Crippen LogP contribution in [0.25, 0.3) is 0 Å². The Morgan fingerprint density at radius 2 is 2.10 bits per heavy atom. The van der Waals surface area contributed by atoms with E-state index in [4.69, 9.17) is 9.47 Å². The first kappa shape index (κ1) is 14.5. The number of benzene rings is 1. The van der Waals surface area contributed by atoms with Crippen molar-refractivity contribution < 1.29 is 14.3 Å². The summed E-state index contributed by atoms with van der Waals surface area (Å²) >= 11 is 0. The number of rotatable bonds is 4. The van der Waals surface area contributed by atoms with E-state index in [0.29, 0.717) is 13.0 Å². The van der Waals surface area contributed by atoms with E-state index in [1.54, 1.807) is 7.11 Å². The van der Waals surface area contributed by atoms with Gasteiger partial charge in [-0.05, 0) is 24.8 Å². The topological polar surface area (TPSA) is 38.8 Å². The quantitative estimate of drug-likeness (QED) is 0.851. The summed E-state index contributed by atoms with van der Waals surface area (Å²) in [5.41, 5.74) is 1.08. The lowest BCUT2D eigenvalue weighted by Gasteiger charge is -2.35. The Bertz CT molecular complexity index is 476. The predicted octanol–water partition coefficient (Wildman–Crippen LogP) is 2.02. The SMILES string of the molecule is COC[C@@H]1CC[C@H]2[C@H](CCN2C(=O)Cc2ccccc2)O1. The fraction of sp³-hybridized carbons (Fsp3) is 0.588. The zero-order valence-electron chi connectivity index (χ0n) is 12.5. The maximum Gasteiger partial charge on any atom is 0.227 e. The first-order valence-electron chi connectivity index (χ1n) is 7.75. The standard InChI is InChI=1S/C17H23NO3/c1-20-12-14-7-8-15-16(21-14)9-10-18(15)17(19)11-13-5-3-2-4-6-13/h2-6,14-16H,7-12H2,1H3/t14-,15-,16-/m0/s1. The van der Waals surface area contributed by atoms with Crippen LogP contribution in [-0.4, -0.2) is 49.3 Å². The van der Waals surface area contributed by atoms with Crippen LogP contribution in [0, 0.1) is 0 Å². The fourth-order valence-corrected chi connectivity index (χ4v) is 3.49. The molecule has 0 saturated carbocycles. The van der Waals surface area contributed by atoms with Gasteiger partial charge in [0.05, 0.1) is 31.3 Å². The van der Waals surface area contributed by atoms with Crippen molar-refractivity contribution in [3.63, 3.8) is 0 Å². The fourth-order valence-electron chi connectivity index (χ4n) is 3.49. The monoisotopic (exact) mass is 289 g/mol. The van der Waals surface area contributed by atoms with Crippen molar-refractivity contribution in [1.82, 2.24) is 4.90 Å². The number of ether oxygens (including phenoxy) is 2. The van der Waals surface area contributed by atoms with Crippen molar-refractivity contribution in [2.45, 2.75) is 43.9 Å². The molecule has 0 aromatic heterocycles. The zero-order chi connectivity index (χ0) is 14.7. The first-order chi connectivity index (χ1) is 10.3. The average Bonchev–Trinajstić information content (AvgIpc) is 2.92. The summed E-state index contributed by atoms with van der Waals surface area (Å²) in [5.74, 6) is 0.225. The van der Waals surface area contributed by atoms with Crippen molar-refractivity contribution in [1.29, 1.82) is 0 Å². The van der Waals surface area contributed by atoms with E-state index in [1.807, 2.05) is 35.2 Å². The zero-order valence-corrected chi connectivity index (χ0v) is 12.5. The van der Waals surface area contributed by atoms with Gasteiger partial charge in [0.1, 0.15) is 0 Å². The highest BCUT2D eigenvalue weighted by molar-refractivity contribution is 5.79. The second-order valence-electron chi connectivity index (χ2n) is 5.93. The third-order valence-electron chi connectivity index (χ3n) is 4.51. The van der Waals surface area contributed by atoms with Crippen molar-refractivity contribution in [2.24, 2.45) is 0 Å². The minimum Gasteiger partial charge on any atom is -0.382 e. The van der Waals surface area contributed by atoms with Crippen molar-refractivity contribution in [3.8, 4) is 0 Å². The van der Waals surface area contributed by atoms with Crippen LogP contribution in [0.15, 0.2) is 30.3 Å². The average molecular weight is 289 g/mol. The molecule has 2 fully saturated rings. The van der Waals surface area contributed by atoms with Gasteiger partial charge in [-0.2, -0.15) is 0 Å². The molecule has 2 saturated heterocycles. The molecule has 0 unspecified atom stereocenters. The van der Waals surface area contributed by atoms with Gasteiger partial charge in [-0.3, -0.25) is 4.79 Å². The second kappa shape index (κ2) is 6.58. The molecule has 3 atom stereocenters. The summed E-state index contributed by atoms with van der Waals surface area (Å²) in [5, 5.41) is 0. The number of hydrogen-bond donors (Lipinski definition) is 0. The van der Waals surface area contributed by atoms with E-state index >= 15 is 0 Å². The van der Waals surface area contributed by atoms with E-state index in [1.165, 1.54) is 0 Å². The predicted molar refractivity (Wildman–Crippen MR) is 80.0 cm³/mol. The maximum absolute atomic E-state index is 12.5. The molecule has 0 N–H and O–H groups in total. The molecule has 2 heterocycles. The molecule has 4 nitrogen and oxygen atoms in total. The van der Waals surface area contributed by atoms with Crippen LogP contribution in [0.1, 0.15) is 24.8 Å². The number of nitrogens with zero attached hydrogens (tertiary/aromatic N) is 1. The Hall–Kier alpha value is -1.39. The third kappa shape index (κ3) is 3.27. The van der Waals surface area contributed by atoms with Crippen molar-refractivity contribution >= 4 is 5.91 Å². The van der Waals surface area contributed by atoms with Gasteiger partial charge in [-0.1, -0.05) is 30.3 Å². The van der Waals surface area contributed by atoms with Gasteiger partial charge in [0.15, 0.2) is 0 Å². The summed E-state index contributed by atoms with van der Waals surface area (Å²) in [6.07, 6.45) is 3.83. The molecule has 0 bridgehead atoms. The molecule has 114 valence electrons. The molecule has 2 aliphatic heterocycles. The largest absolute Gasteiger partial charge is 0.382 e. The van der Waals surface area contributed by atoms with Crippen LogP contribution in [-0.2, 0) is 20.7 Å². The van der Waals surface area contributed by atoms with E-state index in [9.17, 15) is 4.79 Å². The van der Waals surface area contributed by atoms with Crippen LogP contribution < -0.4 is 0 Å². The van der Waals surface area contributed by atoms with E-state index in [2.05, 4.69) is 0 Å².